The summed E-state index contributed by atoms with van der Waals surface area (Å²) in [4.78, 5) is 29.5. The van der Waals surface area contributed by atoms with Gasteiger partial charge >= 0.3 is 5.63 Å². The number of nitrogens with zero attached hydrogens (tertiary/aromatic N) is 4. The van der Waals surface area contributed by atoms with Crippen LogP contribution in [0.3, 0.4) is 0 Å². The van der Waals surface area contributed by atoms with Gasteiger partial charge in [0.05, 0.1) is 5.52 Å². The van der Waals surface area contributed by atoms with E-state index < -0.39 is 28.1 Å². The summed E-state index contributed by atoms with van der Waals surface area (Å²) in [7, 11) is 1.78. The molecule has 0 bridgehead atoms. The van der Waals surface area contributed by atoms with Crippen LogP contribution in [0.25, 0.3) is 33.3 Å². The fraction of sp³-hybridized carbons (Fsp3) is 0.192. The van der Waals surface area contributed by atoms with Crippen LogP contribution >= 0.6 is 11.8 Å². The minimum atomic E-state index is -1.18. The number of carbonyl (C=O) groups excluding carboxylic acids is 1. The van der Waals surface area contributed by atoms with Crippen LogP contribution in [0.15, 0.2) is 63.0 Å². The first-order valence-corrected chi connectivity index (χ1v) is 12.4. The van der Waals surface area contributed by atoms with Gasteiger partial charge in [0.2, 0.25) is 11.7 Å². The van der Waals surface area contributed by atoms with Crippen LogP contribution in [0, 0.1) is 0 Å². The Labute approximate surface area is 219 Å². The zero-order chi connectivity index (χ0) is 27.1. The van der Waals surface area contributed by atoms with Gasteiger partial charge in [0, 0.05) is 30.2 Å². The average molecular weight is 534 g/mol. The van der Waals surface area contributed by atoms with Crippen molar-refractivity contribution < 1.29 is 24.5 Å². The molecule has 11 nitrogen and oxygen atoms in total. The number of fused-ring (bicyclic) bond motifs is 2. The van der Waals surface area contributed by atoms with Gasteiger partial charge in [-0.1, -0.05) is 17.8 Å². The average Bonchev–Trinajstić information content (AvgIpc) is 3.24. The van der Waals surface area contributed by atoms with Gasteiger partial charge in [-0.15, -0.1) is 10.2 Å². The van der Waals surface area contributed by atoms with E-state index in [2.05, 4.69) is 20.5 Å². The number of aromatic nitrogens is 4. The van der Waals surface area contributed by atoms with Crippen molar-refractivity contribution in [2.24, 2.45) is 7.05 Å². The van der Waals surface area contributed by atoms with Gasteiger partial charge < -0.3 is 29.6 Å². The molecule has 4 N–H and O–H groups in total. The lowest BCUT2D eigenvalue weighted by molar-refractivity contribution is -0.121. The Hall–Kier alpha value is -4.58. The maximum atomic E-state index is 13.3. The SMILES string of the molecule is CC(C)NC(=O)C(Sc1nnc(-c2ccc3ncccc3c2)n1C)c1cc(O)c2c(O)c(O)c(=O)oc2c1. The van der Waals surface area contributed by atoms with Crippen LogP contribution in [-0.2, 0) is 11.8 Å². The van der Waals surface area contributed by atoms with Crippen molar-refractivity contribution in [2.45, 2.75) is 30.3 Å². The first kappa shape index (κ1) is 25.1. The summed E-state index contributed by atoms with van der Waals surface area (Å²) < 4.78 is 6.82. The Morgan fingerprint density at radius 2 is 1.87 bits per heavy atom. The summed E-state index contributed by atoms with van der Waals surface area (Å²) in [5.41, 5.74) is 0.585. The summed E-state index contributed by atoms with van der Waals surface area (Å²) in [5.74, 6) is -2.09. The topological polar surface area (TPSA) is 164 Å². The molecule has 0 aliphatic rings. The second kappa shape index (κ2) is 9.71. The van der Waals surface area contributed by atoms with E-state index in [9.17, 15) is 24.9 Å². The third-order valence-corrected chi connectivity index (χ3v) is 7.14. The number of thioether (sulfide) groups is 1. The zero-order valence-corrected chi connectivity index (χ0v) is 21.4. The van der Waals surface area contributed by atoms with Gasteiger partial charge in [0.15, 0.2) is 16.7 Å². The Morgan fingerprint density at radius 1 is 1.08 bits per heavy atom. The van der Waals surface area contributed by atoms with E-state index in [1.165, 1.54) is 12.1 Å². The highest BCUT2D eigenvalue weighted by Crippen LogP contribution is 2.42. The summed E-state index contributed by atoms with van der Waals surface area (Å²) in [6, 6.07) is 12.0. The van der Waals surface area contributed by atoms with Crippen LogP contribution in [0.5, 0.6) is 17.2 Å². The number of hydrogen-bond acceptors (Lipinski definition) is 10. The third kappa shape index (κ3) is 4.50. The second-order valence-corrected chi connectivity index (χ2v) is 10.0. The quantitative estimate of drug-likeness (QED) is 0.187. The molecule has 1 unspecified atom stereocenters. The van der Waals surface area contributed by atoms with Gasteiger partial charge in [-0.3, -0.25) is 9.78 Å². The number of carbonyl (C=O) groups is 1. The maximum Gasteiger partial charge on any atom is 0.382 e. The summed E-state index contributed by atoms with van der Waals surface area (Å²) in [5, 5.41) is 42.1. The lowest BCUT2D eigenvalue weighted by atomic mass is 10.1. The van der Waals surface area contributed by atoms with Gasteiger partial charge in [-0.2, -0.15) is 0 Å². The highest BCUT2D eigenvalue weighted by Gasteiger charge is 2.28. The first-order valence-electron chi connectivity index (χ1n) is 11.6. The van der Waals surface area contributed by atoms with Crippen LogP contribution < -0.4 is 10.9 Å². The number of phenolic OH excluding ortho intramolecular Hbond substituents is 1. The molecule has 0 aliphatic carbocycles. The molecule has 3 heterocycles. The summed E-state index contributed by atoms with van der Waals surface area (Å²) >= 11 is 1.09. The van der Waals surface area contributed by atoms with Crippen molar-refractivity contribution in [3.63, 3.8) is 0 Å². The number of benzene rings is 2. The molecular formula is C26H23N5O6S. The number of nitrogens with one attached hydrogen (secondary N) is 1. The van der Waals surface area contributed by atoms with Crippen molar-refractivity contribution in [3.05, 3.63) is 64.6 Å². The maximum absolute atomic E-state index is 13.3. The first-order chi connectivity index (χ1) is 18.1. The van der Waals surface area contributed by atoms with E-state index in [0.29, 0.717) is 11.0 Å². The number of phenols is 1. The molecule has 0 radical (unpaired) electrons. The zero-order valence-electron chi connectivity index (χ0n) is 20.5. The third-order valence-electron chi connectivity index (χ3n) is 5.85. The van der Waals surface area contributed by atoms with Gasteiger partial charge in [0.1, 0.15) is 22.0 Å². The molecule has 0 saturated heterocycles. The molecule has 0 aliphatic heterocycles. The van der Waals surface area contributed by atoms with E-state index in [1.807, 2.05) is 44.2 Å². The van der Waals surface area contributed by atoms with Crippen molar-refractivity contribution >= 4 is 39.5 Å². The molecule has 12 heteroatoms. The Kier molecular flexibility index (Phi) is 6.41. The molecule has 38 heavy (non-hydrogen) atoms. The Balaban J connectivity index is 1.57. The van der Waals surface area contributed by atoms with E-state index in [0.717, 1.165) is 28.2 Å². The van der Waals surface area contributed by atoms with Gasteiger partial charge in [0.25, 0.3) is 0 Å². The smallest absolute Gasteiger partial charge is 0.382 e. The predicted octanol–water partition coefficient (Wildman–Crippen LogP) is 3.61. The minimum absolute atomic E-state index is 0.181. The normalized spacial score (nSPS) is 12.3. The largest absolute Gasteiger partial charge is 0.507 e. The monoisotopic (exact) mass is 533 g/mol. The Morgan fingerprint density at radius 3 is 2.63 bits per heavy atom. The Bertz CT molecular complexity index is 1760. The van der Waals surface area contributed by atoms with Crippen LogP contribution in [-0.4, -0.2) is 47.0 Å². The number of rotatable bonds is 6. The van der Waals surface area contributed by atoms with Gasteiger partial charge in [-0.25, -0.2) is 4.79 Å². The predicted molar refractivity (Wildman–Crippen MR) is 141 cm³/mol. The van der Waals surface area contributed by atoms with Crippen molar-refractivity contribution in [2.75, 3.05) is 0 Å². The summed E-state index contributed by atoms with van der Waals surface area (Å²) in [6.45, 7) is 3.62. The highest BCUT2D eigenvalue weighted by atomic mass is 32.2. The van der Waals surface area contributed by atoms with E-state index >= 15 is 0 Å². The molecule has 5 aromatic rings. The van der Waals surface area contributed by atoms with Crippen molar-refractivity contribution in [1.29, 1.82) is 0 Å². The number of pyridine rings is 1. The van der Waals surface area contributed by atoms with Crippen LogP contribution in [0.2, 0.25) is 0 Å². The van der Waals surface area contributed by atoms with Crippen LogP contribution in [0.4, 0.5) is 0 Å². The number of aromatic hydroxyl groups is 3. The molecule has 0 saturated carbocycles. The molecule has 0 fully saturated rings. The lowest BCUT2D eigenvalue weighted by Gasteiger charge is -2.19. The fourth-order valence-electron chi connectivity index (χ4n) is 4.08. The molecule has 2 aromatic carbocycles. The molecule has 194 valence electrons. The van der Waals surface area contributed by atoms with E-state index in [4.69, 9.17) is 4.42 Å². The highest BCUT2D eigenvalue weighted by molar-refractivity contribution is 8.00. The minimum Gasteiger partial charge on any atom is -0.507 e. The number of hydrogen-bond donors (Lipinski definition) is 4. The lowest BCUT2D eigenvalue weighted by Crippen LogP contribution is -2.33. The fourth-order valence-corrected chi connectivity index (χ4v) is 5.07. The molecule has 1 amide bonds. The second-order valence-electron chi connectivity index (χ2n) is 8.94. The van der Waals surface area contributed by atoms with Crippen LogP contribution in [0.1, 0.15) is 24.7 Å². The molecule has 3 aromatic heterocycles. The van der Waals surface area contributed by atoms with E-state index in [1.54, 1.807) is 17.8 Å². The molecule has 5 rings (SSSR count). The van der Waals surface area contributed by atoms with Crippen molar-refractivity contribution in [3.8, 4) is 28.6 Å². The van der Waals surface area contributed by atoms with Gasteiger partial charge in [-0.05, 0) is 55.8 Å². The van der Waals surface area contributed by atoms with Crippen molar-refractivity contribution in [1.82, 2.24) is 25.1 Å². The standard InChI is InChI=1S/C26H23N5O6S/c1-12(2)28-24(35)22(15-10-17(32)19-18(11-15)37-25(36)21(34)20(19)33)38-26-30-29-23(31(26)3)14-6-7-16-13(9-14)5-4-8-27-16/h4-12,22,32-34H,1-3H3,(H,28,35). The van der Waals surface area contributed by atoms with E-state index in [-0.39, 0.29) is 28.5 Å². The molecule has 1 atom stereocenters. The summed E-state index contributed by atoms with van der Waals surface area (Å²) in [6.07, 6.45) is 1.72. The molecule has 0 spiro atoms. The molecular weight excluding hydrogens is 510 g/mol. The number of amides is 1.